The van der Waals surface area contributed by atoms with Gasteiger partial charge in [-0.1, -0.05) is 24.3 Å². The molecule has 1 aromatic heterocycles. The zero-order valence-corrected chi connectivity index (χ0v) is 17.5. The Morgan fingerprint density at radius 3 is 2.67 bits per heavy atom. The number of thiocarbonyl (C=S) groups is 1. The molecule has 0 unspecified atom stereocenters. The van der Waals surface area contributed by atoms with Gasteiger partial charge in [0.1, 0.15) is 16.5 Å². The van der Waals surface area contributed by atoms with E-state index in [0.717, 1.165) is 10.2 Å². The molecule has 1 heterocycles. The Labute approximate surface area is 182 Å². The van der Waals surface area contributed by atoms with Gasteiger partial charge < -0.3 is 15.2 Å². The van der Waals surface area contributed by atoms with Gasteiger partial charge in [0.15, 0.2) is 5.11 Å². The maximum atomic E-state index is 12.5. The lowest BCUT2D eigenvalue weighted by Gasteiger charge is -2.12. The standard InChI is InChI=1S/C22H17N3O3S2/c1-28-18-8-4-2-6-14(18)20(27)25-22(29)23-13-10-11-17(26)15(12-13)21-24-16-7-3-5-9-19(16)30-21/h2-12,26H,1H3,(H2,23,25,27,29). The minimum absolute atomic E-state index is 0.114. The van der Waals surface area contributed by atoms with E-state index in [0.29, 0.717) is 27.6 Å². The van der Waals surface area contributed by atoms with Gasteiger partial charge in [-0.15, -0.1) is 11.3 Å². The molecule has 30 heavy (non-hydrogen) atoms. The quantitative estimate of drug-likeness (QED) is 0.315. The van der Waals surface area contributed by atoms with Gasteiger partial charge in [-0.05, 0) is 54.7 Å². The Bertz CT molecular complexity index is 1220. The minimum Gasteiger partial charge on any atom is -0.507 e. The molecule has 0 aliphatic heterocycles. The number of amides is 1. The van der Waals surface area contributed by atoms with Crippen LogP contribution in [0.5, 0.6) is 11.5 Å². The number of para-hydroxylation sites is 2. The Kier molecular flexibility index (Phi) is 5.60. The average Bonchev–Trinajstić information content (AvgIpc) is 3.19. The summed E-state index contributed by atoms with van der Waals surface area (Å²) in [5.41, 5.74) is 2.45. The normalized spacial score (nSPS) is 10.6. The van der Waals surface area contributed by atoms with Crippen LogP contribution in [0.3, 0.4) is 0 Å². The number of benzene rings is 3. The van der Waals surface area contributed by atoms with Crippen LogP contribution in [-0.4, -0.2) is 28.2 Å². The van der Waals surface area contributed by atoms with Crippen LogP contribution in [0.1, 0.15) is 10.4 Å². The monoisotopic (exact) mass is 435 g/mol. The van der Waals surface area contributed by atoms with Gasteiger partial charge in [-0.2, -0.15) is 0 Å². The molecule has 8 heteroatoms. The molecule has 0 spiro atoms. The molecule has 3 aromatic carbocycles. The van der Waals surface area contributed by atoms with Gasteiger partial charge in [0, 0.05) is 5.69 Å². The molecule has 150 valence electrons. The van der Waals surface area contributed by atoms with Gasteiger partial charge in [-0.25, -0.2) is 4.98 Å². The molecule has 4 rings (SSSR count). The van der Waals surface area contributed by atoms with E-state index < -0.39 is 0 Å². The second-order valence-corrected chi connectivity index (χ2v) is 7.77. The van der Waals surface area contributed by atoms with Crippen LogP contribution < -0.4 is 15.4 Å². The lowest BCUT2D eigenvalue weighted by molar-refractivity contribution is 0.0975. The first-order chi connectivity index (χ1) is 14.5. The predicted octanol–water partition coefficient (Wildman–Crippen LogP) is 4.80. The molecule has 0 atom stereocenters. The second-order valence-electron chi connectivity index (χ2n) is 6.33. The fourth-order valence-electron chi connectivity index (χ4n) is 2.94. The molecule has 0 aliphatic carbocycles. The number of thiazole rings is 1. The Morgan fingerprint density at radius 1 is 1.10 bits per heavy atom. The predicted molar refractivity (Wildman–Crippen MR) is 123 cm³/mol. The van der Waals surface area contributed by atoms with E-state index in [2.05, 4.69) is 15.6 Å². The second kappa shape index (κ2) is 8.48. The van der Waals surface area contributed by atoms with Crippen molar-refractivity contribution in [3.05, 3.63) is 72.3 Å². The third-order valence-corrected chi connectivity index (χ3v) is 5.63. The van der Waals surface area contributed by atoms with Gasteiger partial charge in [-0.3, -0.25) is 10.1 Å². The van der Waals surface area contributed by atoms with Gasteiger partial charge in [0.05, 0.1) is 28.5 Å². The van der Waals surface area contributed by atoms with Crippen LogP contribution in [0, 0.1) is 0 Å². The lowest BCUT2D eigenvalue weighted by atomic mass is 10.2. The number of methoxy groups -OCH3 is 1. The number of hydrogen-bond acceptors (Lipinski definition) is 6. The highest BCUT2D eigenvalue weighted by atomic mass is 32.1. The highest BCUT2D eigenvalue weighted by Crippen LogP contribution is 2.36. The van der Waals surface area contributed by atoms with Crippen LogP contribution in [0.4, 0.5) is 5.69 Å². The van der Waals surface area contributed by atoms with Crippen LogP contribution in [0.25, 0.3) is 20.8 Å². The average molecular weight is 436 g/mol. The summed E-state index contributed by atoms with van der Waals surface area (Å²) in [6, 6.07) is 19.7. The summed E-state index contributed by atoms with van der Waals surface area (Å²) in [6.45, 7) is 0. The summed E-state index contributed by atoms with van der Waals surface area (Å²) in [5.74, 6) is 0.194. The SMILES string of the molecule is COc1ccccc1C(=O)NC(=S)Nc1ccc(O)c(-c2nc3ccccc3s2)c1. The summed E-state index contributed by atoms with van der Waals surface area (Å²) in [6.07, 6.45) is 0. The zero-order valence-electron chi connectivity index (χ0n) is 15.9. The van der Waals surface area contributed by atoms with Crippen molar-refractivity contribution in [1.82, 2.24) is 10.3 Å². The number of anilines is 1. The number of nitrogens with zero attached hydrogens (tertiary/aromatic N) is 1. The number of aromatic nitrogens is 1. The molecule has 0 saturated carbocycles. The number of carbonyl (C=O) groups is 1. The van der Waals surface area contributed by atoms with Crippen LogP contribution in [0.2, 0.25) is 0 Å². The minimum atomic E-state index is -0.380. The number of rotatable bonds is 4. The summed E-state index contributed by atoms with van der Waals surface area (Å²) < 4.78 is 6.24. The molecular formula is C22H17N3O3S2. The Morgan fingerprint density at radius 2 is 1.87 bits per heavy atom. The van der Waals surface area contributed by atoms with E-state index in [1.54, 1.807) is 42.5 Å². The highest BCUT2D eigenvalue weighted by molar-refractivity contribution is 7.80. The molecular weight excluding hydrogens is 418 g/mol. The molecule has 3 N–H and O–H groups in total. The van der Waals surface area contributed by atoms with E-state index >= 15 is 0 Å². The maximum Gasteiger partial charge on any atom is 0.261 e. The van der Waals surface area contributed by atoms with Crippen LogP contribution in [0.15, 0.2) is 66.7 Å². The van der Waals surface area contributed by atoms with Crippen molar-refractivity contribution in [3.63, 3.8) is 0 Å². The number of fused-ring (bicyclic) bond motifs is 1. The summed E-state index contributed by atoms with van der Waals surface area (Å²) in [4.78, 5) is 17.1. The molecule has 4 aromatic rings. The van der Waals surface area contributed by atoms with Crippen molar-refractivity contribution >= 4 is 50.5 Å². The molecule has 0 radical (unpaired) electrons. The first-order valence-electron chi connectivity index (χ1n) is 8.99. The smallest absolute Gasteiger partial charge is 0.261 e. The first kappa shape index (κ1) is 19.8. The third-order valence-electron chi connectivity index (χ3n) is 4.36. The zero-order chi connectivity index (χ0) is 21.1. The molecule has 0 bridgehead atoms. The van der Waals surface area contributed by atoms with E-state index in [9.17, 15) is 9.90 Å². The number of phenols is 1. The van der Waals surface area contributed by atoms with Gasteiger partial charge >= 0.3 is 0 Å². The van der Waals surface area contributed by atoms with E-state index in [1.165, 1.54) is 18.4 Å². The molecule has 0 fully saturated rings. The van der Waals surface area contributed by atoms with Gasteiger partial charge in [0.25, 0.3) is 5.91 Å². The van der Waals surface area contributed by atoms with Crippen LogP contribution in [-0.2, 0) is 0 Å². The summed E-state index contributed by atoms with van der Waals surface area (Å²) in [7, 11) is 1.50. The Hall–Kier alpha value is -3.49. The van der Waals surface area contributed by atoms with Crippen molar-refractivity contribution in [3.8, 4) is 22.1 Å². The van der Waals surface area contributed by atoms with Crippen molar-refractivity contribution < 1.29 is 14.6 Å². The fourth-order valence-corrected chi connectivity index (χ4v) is 4.14. The number of carbonyl (C=O) groups excluding carboxylic acids is 1. The van der Waals surface area contributed by atoms with Crippen LogP contribution >= 0.6 is 23.6 Å². The molecule has 0 aliphatic rings. The molecule has 1 amide bonds. The van der Waals surface area contributed by atoms with E-state index in [-0.39, 0.29) is 16.8 Å². The van der Waals surface area contributed by atoms with Crippen molar-refractivity contribution in [1.29, 1.82) is 0 Å². The number of hydrogen-bond donors (Lipinski definition) is 3. The number of phenolic OH excluding ortho intramolecular Hbond substituents is 1. The summed E-state index contributed by atoms with van der Waals surface area (Å²) >= 11 is 6.77. The van der Waals surface area contributed by atoms with Gasteiger partial charge in [0.2, 0.25) is 0 Å². The van der Waals surface area contributed by atoms with E-state index in [4.69, 9.17) is 17.0 Å². The van der Waals surface area contributed by atoms with Crippen molar-refractivity contribution in [2.24, 2.45) is 0 Å². The highest BCUT2D eigenvalue weighted by Gasteiger charge is 2.15. The topological polar surface area (TPSA) is 83.5 Å². The Balaban J connectivity index is 1.53. The number of nitrogens with one attached hydrogen (secondary N) is 2. The fraction of sp³-hybridized carbons (Fsp3) is 0.0455. The maximum absolute atomic E-state index is 12.5. The lowest BCUT2D eigenvalue weighted by Crippen LogP contribution is -2.34. The van der Waals surface area contributed by atoms with Crippen molar-refractivity contribution in [2.75, 3.05) is 12.4 Å². The summed E-state index contributed by atoms with van der Waals surface area (Å²) in [5, 5.41) is 16.8. The molecule has 0 saturated heterocycles. The number of aromatic hydroxyl groups is 1. The van der Waals surface area contributed by atoms with E-state index in [1.807, 2.05) is 24.3 Å². The third kappa shape index (κ3) is 4.10. The molecule has 6 nitrogen and oxygen atoms in total. The largest absolute Gasteiger partial charge is 0.507 e. The first-order valence-corrected chi connectivity index (χ1v) is 10.2. The van der Waals surface area contributed by atoms with Crippen molar-refractivity contribution in [2.45, 2.75) is 0 Å². The number of ether oxygens (including phenoxy) is 1.